The Balaban J connectivity index is -0.000000224. The molecule has 204 valence electrons. The van der Waals surface area contributed by atoms with Crippen LogP contribution in [0.15, 0.2) is 52.7 Å². The molecule has 0 radical (unpaired) electrons. The van der Waals surface area contributed by atoms with Crippen LogP contribution in [-0.4, -0.2) is 24.9 Å². The summed E-state index contributed by atoms with van der Waals surface area (Å²) in [5.41, 5.74) is 8.14. The Morgan fingerprint density at radius 2 is 1.11 bits per heavy atom. The number of aryl methyl sites for hydroxylation is 2. The summed E-state index contributed by atoms with van der Waals surface area (Å²) in [4.78, 5) is 0. The number of anilines is 2. The van der Waals surface area contributed by atoms with Gasteiger partial charge in [-0.1, -0.05) is 67.5 Å². The highest BCUT2D eigenvalue weighted by Crippen LogP contribution is 2.30. The molecule has 0 unspecified atom stereocenters. The zero-order valence-corrected chi connectivity index (χ0v) is 23.4. The Bertz CT molecular complexity index is 848. The predicted octanol–water partition coefficient (Wildman–Crippen LogP) is 9.21. The van der Waals surface area contributed by atoms with Crippen LogP contribution >= 0.6 is 0 Å². The fourth-order valence-electron chi connectivity index (χ4n) is 1.87. The van der Waals surface area contributed by atoms with Crippen molar-refractivity contribution in [3.8, 4) is 0 Å². The molecule has 0 fully saturated rings. The number of benzene rings is 2. The molecule has 0 atom stereocenters. The molecule has 0 spiro atoms. The number of nitrogens with one attached hydrogen (secondary N) is 4. The summed E-state index contributed by atoms with van der Waals surface area (Å²) < 4.78 is 36.8. The van der Waals surface area contributed by atoms with Crippen molar-refractivity contribution in [1.82, 2.24) is 0 Å². The normalized spacial score (nSPS) is 9.25. The molecule has 0 aliphatic carbocycles. The van der Waals surface area contributed by atoms with Crippen LogP contribution in [0.3, 0.4) is 0 Å². The van der Waals surface area contributed by atoms with Gasteiger partial charge in [0.1, 0.15) is 0 Å². The lowest BCUT2D eigenvalue weighted by atomic mass is 10.1. The largest absolute Gasteiger partial charge is 0.416 e. The standard InChI is InChI=1S/C10H13N3.C9H8F3N3.4C2H6/c1-8-3-4-10(7-9(8)2)13-12-6-5-11;10-9(11,12)7-2-1-3-8(6-7)15-14-5-4-13;4*1-2/h3-7,11,13H,1-2H3;1-6,13,15H;4*1-2H3/b11-5?,12-6-;13-4?,14-5-;;;;. The van der Waals surface area contributed by atoms with Crippen LogP contribution in [-0.2, 0) is 6.18 Å². The smallest absolute Gasteiger partial charge is 0.307 e. The summed E-state index contributed by atoms with van der Waals surface area (Å²) in [6, 6.07) is 10.7. The number of hydrazone groups is 2. The third-order valence-corrected chi connectivity index (χ3v) is 3.38. The van der Waals surface area contributed by atoms with Gasteiger partial charge >= 0.3 is 6.18 Å². The first kappa shape index (κ1) is 39.7. The number of nitrogens with zero attached hydrogens (tertiary/aromatic N) is 2. The van der Waals surface area contributed by atoms with Gasteiger partial charge in [-0.25, -0.2) is 0 Å². The number of halogens is 3. The Kier molecular flexibility index (Phi) is 30.6. The Morgan fingerprint density at radius 1 is 0.667 bits per heavy atom. The minimum absolute atomic E-state index is 0.225. The minimum Gasteiger partial charge on any atom is -0.307 e. The van der Waals surface area contributed by atoms with E-state index < -0.39 is 11.7 Å². The molecule has 0 saturated heterocycles. The zero-order chi connectivity index (χ0) is 29.0. The molecular formula is C27H45F3N6. The van der Waals surface area contributed by atoms with E-state index in [1.54, 1.807) is 0 Å². The van der Waals surface area contributed by atoms with E-state index in [1.165, 1.54) is 29.5 Å². The van der Waals surface area contributed by atoms with Crippen molar-refractivity contribution in [3.63, 3.8) is 0 Å². The van der Waals surface area contributed by atoms with Gasteiger partial charge in [0.25, 0.3) is 0 Å². The second-order valence-electron chi connectivity index (χ2n) is 5.49. The van der Waals surface area contributed by atoms with E-state index in [9.17, 15) is 13.2 Å². The minimum atomic E-state index is -4.36. The predicted molar refractivity (Wildman–Crippen MR) is 155 cm³/mol. The van der Waals surface area contributed by atoms with Crippen molar-refractivity contribution >= 4 is 36.2 Å². The molecule has 2 aromatic rings. The van der Waals surface area contributed by atoms with E-state index in [0.29, 0.717) is 0 Å². The van der Waals surface area contributed by atoms with Crippen molar-refractivity contribution in [3.05, 3.63) is 59.2 Å². The third kappa shape index (κ3) is 21.1. The van der Waals surface area contributed by atoms with E-state index >= 15 is 0 Å². The lowest BCUT2D eigenvalue weighted by molar-refractivity contribution is -0.137. The summed E-state index contributed by atoms with van der Waals surface area (Å²) in [7, 11) is 0. The maximum absolute atomic E-state index is 12.3. The number of hydrogen-bond donors (Lipinski definition) is 4. The lowest BCUT2D eigenvalue weighted by Crippen LogP contribution is -2.05. The Hall–Kier alpha value is -3.49. The topological polar surface area (TPSA) is 96.5 Å². The number of rotatable bonds is 6. The highest BCUT2D eigenvalue weighted by atomic mass is 19.4. The van der Waals surface area contributed by atoms with Crippen molar-refractivity contribution in [2.75, 3.05) is 10.9 Å². The van der Waals surface area contributed by atoms with E-state index in [0.717, 1.165) is 36.5 Å². The molecule has 0 aliphatic rings. The quantitative estimate of drug-likeness (QED) is 0.230. The van der Waals surface area contributed by atoms with Crippen molar-refractivity contribution in [2.45, 2.75) is 75.4 Å². The van der Waals surface area contributed by atoms with Crippen LogP contribution in [0.2, 0.25) is 0 Å². The molecule has 4 N–H and O–H groups in total. The molecule has 0 aliphatic heterocycles. The fraction of sp³-hybridized carbons (Fsp3) is 0.407. The van der Waals surface area contributed by atoms with Crippen LogP contribution in [0.25, 0.3) is 0 Å². The summed E-state index contributed by atoms with van der Waals surface area (Å²) in [5.74, 6) is 0. The second kappa shape index (κ2) is 27.8. The Labute approximate surface area is 216 Å². The van der Waals surface area contributed by atoms with Gasteiger partial charge in [-0.2, -0.15) is 23.4 Å². The maximum atomic E-state index is 12.3. The third-order valence-electron chi connectivity index (χ3n) is 3.38. The van der Waals surface area contributed by atoms with E-state index in [4.69, 9.17) is 10.8 Å². The van der Waals surface area contributed by atoms with Gasteiger partial charge in [0.05, 0.1) is 29.4 Å². The first-order chi connectivity index (χ1) is 17.3. The van der Waals surface area contributed by atoms with Crippen LogP contribution in [0.4, 0.5) is 24.5 Å². The van der Waals surface area contributed by atoms with Crippen molar-refractivity contribution < 1.29 is 13.2 Å². The van der Waals surface area contributed by atoms with Crippen LogP contribution in [0.5, 0.6) is 0 Å². The van der Waals surface area contributed by atoms with E-state index in [2.05, 4.69) is 34.9 Å². The number of alkyl halides is 3. The summed E-state index contributed by atoms with van der Waals surface area (Å²) in [6.07, 6.45) is 0.215. The van der Waals surface area contributed by atoms with Crippen LogP contribution in [0, 0.1) is 24.7 Å². The van der Waals surface area contributed by atoms with Crippen molar-refractivity contribution in [1.29, 1.82) is 10.8 Å². The molecule has 0 aromatic heterocycles. The molecule has 0 amide bonds. The molecule has 9 heteroatoms. The molecule has 0 saturated carbocycles. The highest BCUT2D eigenvalue weighted by molar-refractivity contribution is 6.14. The number of hydrogen-bond acceptors (Lipinski definition) is 6. The summed E-state index contributed by atoms with van der Waals surface area (Å²) in [6.45, 7) is 20.1. The maximum Gasteiger partial charge on any atom is 0.416 e. The summed E-state index contributed by atoms with van der Waals surface area (Å²) in [5, 5.41) is 20.7. The van der Waals surface area contributed by atoms with Crippen molar-refractivity contribution in [2.24, 2.45) is 10.2 Å². The summed E-state index contributed by atoms with van der Waals surface area (Å²) >= 11 is 0. The highest BCUT2D eigenvalue weighted by Gasteiger charge is 2.30. The van der Waals surface area contributed by atoms with Gasteiger partial charge in [0.15, 0.2) is 0 Å². The monoisotopic (exact) mass is 510 g/mol. The van der Waals surface area contributed by atoms with Gasteiger partial charge in [-0.05, 0) is 55.3 Å². The lowest BCUT2D eigenvalue weighted by Gasteiger charge is -2.07. The molecule has 6 nitrogen and oxygen atoms in total. The average molecular weight is 511 g/mol. The van der Waals surface area contributed by atoms with Crippen LogP contribution < -0.4 is 10.9 Å². The van der Waals surface area contributed by atoms with E-state index in [-0.39, 0.29) is 5.69 Å². The molecular weight excluding hydrogens is 465 g/mol. The molecule has 36 heavy (non-hydrogen) atoms. The first-order valence-electron chi connectivity index (χ1n) is 12.1. The van der Waals surface area contributed by atoms with Gasteiger partial charge in [-0.3, -0.25) is 10.9 Å². The Morgan fingerprint density at radius 3 is 1.50 bits per heavy atom. The second-order valence-corrected chi connectivity index (χ2v) is 5.49. The van der Waals surface area contributed by atoms with Gasteiger partial charge < -0.3 is 10.8 Å². The van der Waals surface area contributed by atoms with Gasteiger partial charge in [-0.15, -0.1) is 0 Å². The molecule has 0 bridgehead atoms. The SMILES string of the molecule is CC.CC.CC.CC.Cc1ccc(N/N=C\C=N)cc1C.N=C/C=N\Nc1cccc(C(F)(F)F)c1. The zero-order valence-electron chi connectivity index (χ0n) is 23.4. The van der Waals surface area contributed by atoms with Gasteiger partial charge in [0, 0.05) is 12.4 Å². The molecule has 2 rings (SSSR count). The fourth-order valence-corrected chi connectivity index (χ4v) is 1.87. The average Bonchev–Trinajstić information content (AvgIpc) is 2.91. The molecule has 2 aromatic carbocycles. The molecule has 0 heterocycles. The van der Waals surface area contributed by atoms with Crippen LogP contribution in [0.1, 0.15) is 72.1 Å². The van der Waals surface area contributed by atoms with Gasteiger partial charge in [0.2, 0.25) is 0 Å². The first-order valence-corrected chi connectivity index (χ1v) is 12.1. The van der Waals surface area contributed by atoms with E-state index in [1.807, 2.05) is 73.6 Å².